The van der Waals surface area contributed by atoms with Crippen molar-refractivity contribution in [2.45, 2.75) is 26.3 Å². The van der Waals surface area contributed by atoms with Gasteiger partial charge in [0.1, 0.15) is 0 Å². The van der Waals surface area contributed by atoms with Crippen molar-refractivity contribution in [3.8, 4) is 0 Å². The minimum absolute atomic E-state index is 0.756. The lowest BCUT2D eigenvalue weighted by molar-refractivity contribution is 0.592. The largest absolute Gasteiger partial charge is 0.317 e. The minimum Gasteiger partial charge on any atom is -0.317 e. The normalized spacial score (nSPS) is 10.9. The van der Waals surface area contributed by atoms with E-state index < -0.39 is 0 Å². The first kappa shape index (κ1) is 14.3. The van der Waals surface area contributed by atoms with Gasteiger partial charge in [0.25, 0.3) is 0 Å². The van der Waals surface area contributed by atoms with Gasteiger partial charge < -0.3 is 10.6 Å². The molecule has 0 aromatic carbocycles. The highest BCUT2D eigenvalue weighted by molar-refractivity contribution is 7.20. The number of rotatable bonds is 8. The van der Waals surface area contributed by atoms with Crippen LogP contribution in [0, 0.1) is 0 Å². The summed E-state index contributed by atoms with van der Waals surface area (Å²) in [5, 5.41) is 6.72. The Labute approximate surface area is 111 Å². The van der Waals surface area contributed by atoms with Crippen LogP contribution in [-0.4, -0.2) is 19.6 Å². The average molecular weight is 281 g/mol. The van der Waals surface area contributed by atoms with Crippen LogP contribution in [0.4, 0.5) is 0 Å². The molecule has 2 N–H and O–H groups in total. The first-order valence-corrected chi connectivity index (χ1v) is 7.16. The van der Waals surface area contributed by atoms with Gasteiger partial charge in [0.05, 0.1) is 8.67 Å². The summed E-state index contributed by atoms with van der Waals surface area (Å²) in [6.07, 6.45) is 2.33. The quantitative estimate of drug-likeness (QED) is 0.712. The summed E-state index contributed by atoms with van der Waals surface area (Å²) in [5.41, 5.74) is 1.10. The smallest absolute Gasteiger partial charge is 0.0989 e. The highest BCUT2D eigenvalue weighted by Gasteiger charge is 2.04. The lowest BCUT2D eigenvalue weighted by atomic mass is 10.3. The van der Waals surface area contributed by atoms with Crippen molar-refractivity contribution >= 4 is 34.5 Å². The van der Waals surface area contributed by atoms with Crippen LogP contribution in [0.3, 0.4) is 0 Å². The van der Waals surface area contributed by atoms with Gasteiger partial charge in [-0.2, -0.15) is 0 Å². The Hall–Kier alpha value is 0.200. The molecule has 16 heavy (non-hydrogen) atoms. The van der Waals surface area contributed by atoms with Gasteiger partial charge in [0.15, 0.2) is 0 Å². The number of thiophene rings is 1. The Morgan fingerprint density at radius 3 is 2.56 bits per heavy atom. The molecule has 0 spiro atoms. The van der Waals surface area contributed by atoms with Crippen molar-refractivity contribution in [3.05, 3.63) is 20.3 Å². The van der Waals surface area contributed by atoms with Gasteiger partial charge in [-0.3, -0.25) is 0 Å². The molecule has 5 heteroatoms. The standard InChI is InChI=1S/C11H18Cl2N2S/c1-2-4-14-5-3-6-15-8-9-7-10(12)16-11(9)13/h7,14-15H,2-6,8H2,1H3. The summed E-state index contributed by atoms with van der Waals surface area (Å²) in [5.74, 6) is 0. The molecule has 92 valence electrons. The maximum absolute atomic E-state index is 6.01. The third-order valence-electron chi connectivity index (χ3n) is 2.18. The molecule has 1 rings (SSSR count). The molecular weight excluding hydrogens is 263 g/mol. The van der Waals surface area contributed by atoms with E-state index in [2.05, 4.69) is 17.6 Å². The monoisotopic (exact) mass is 280 g/mol. The van der Waals surface area contributed by atoms with E-state index in [0.29, 0.717) is 0 Å². The van der Waals surface area contributed by atoms with Gasteiger partial charge in [0, 0.05) is 6.54 Å². The van der Waals surface area contributed by atoms with Crippen LogP contribution in [0.15, 0.2) is 6.07 Å². The first-order chi connectivity index (χ1) is 7.74. The topological polar surface area (TPSA) is 24.1 Å². The second-order valence-electron chi connectivity index (χ2n) is 3.63. The first-order valence-electron chi connectivity index (χ1n) is 5.59. The molecule has 2 nitrogen and oxygen atoms in total. The van der Waals surface area contributed by atoms with Crippen LogP contribution in [0.25, 0.3) is 0 Å². The number of halogens is 2. The summed E-state index contributed by atoms with van der Waals surface area (Å²) in [7, 11) is 0. The number of nitrogens with one attached hydrogen (secondary N) is 2. The molecule has 0 aliphatic rings. The summed E-state index contributed by atoms with van der Waals surface area (Å²) < 4.78 is 1.55. The lowest BCUT2D eigenvalue weighted by Crippen LogP contribution is -2.22. The molecule has 1 aromatic rings. The Balaban J connectivity index is 2.05. The molecule has 0 saturated carbocycles. The summed E-state index contributed by atoms with van der Waals surface area (Å²) in [4.78, 5) is 0. The van der Waals surface area contributed by atoms with Gasteiger partial charge in [-0.25, -0.2) is 0 Å². The molecule has 0 fully saturated rings. The lowest BCUT2D eigenvalue weighted by Gasteiger charge is -2.04. The third-order valence-corrected chi connectivity index (χ3v) is 3.75. The SMILES string of the molecule is CCCNCCCNCc1cc(Cl)sc1Cl. The molecule has 1 heterocycles. The fourth-order valence-corrected chi connectivity index (χ4v) is 2.85. The predicted octanol–water partition coefficient (Wildman–Crippen LogP) is 3.53. The second-order valence-corrected chi connectivity index (χ2v) is 5.92. The van der Waals surface area contributed by atoms with Crippen LogP contribution in [0.5, 0.6) is 0 Å². The van der Waals surface area contributed by atoms with E-state index in [4.69, 9.17) is 23.2 Å². The Morgan fingerprint density at radius 2 is 1.94 bits per heavy atom. The molecule has 0 radical (unpaired) electrons. The fourth-order valence-electron chi connectivity index (χ4n) is 1.36. The van der Waals surface area contributed by atoms with E-state index in [1.807, 2.05) is 6.07 Å². The molecule has 0 bridgehead atoms. The van der Waals surface area contributed by atoms with E-state index in [1.54, 1.807) is 0 Å². The number of hydrogen-bond donors (Lipinski definition) is 2. The van der Waals surface area contributed by atoms with E-state index in [0.717, 1.165) is 46.8 Å². The molecular formula is C11H18Cl2N2S. The van der Waals surface area contributed by atoms with Crippen molar-refractivity contribution < 1.29 is 0 Å². The van der Waals surface area contributed by atoms with E-state index in [-0.39, 0.29) is 0 Å². The predicted molar refractivity (Wildman–Crippen MR) is 73.8 cm³/mol. The van der Waals surface area contributed by atoms with E-state index >= 15 is 0 Å². The van der Waals surface area contributed by atoms with Gasteiger partial charge in [-0.05, 0) is 44.1 Å². The van der Waals surface area contributed by atoms with Crippen molar-refractivity contribution in [2.24, 2.45) is 0 Å². The maximum Gasteiger partial charge on any atom is 0.0989 e. The Kier molecular flexibility index (Phi) is 7.41. The summed E-state index contributed by atoms with van der Waals surface area (Å²) in [6.45, 7) is 6.15. The Bertz CT molecular complexity index is 302. The van der Waals surface area contributed by atoms with Crippen LogP contribution in [0.1, 0.15) is 25.3 Å². The van der Waals surface area contributed by atoms with E-state index in [9.17, 15) is 0 Å². The van der Waals surface area contributed by atoms with Crippen LogP contribution < -0.4 is 10.6 Å². The number of hydrogen-bond acceptors (Lipinski definition) is 3. The molecule has 0 unspecified atom stereocenters. The van der Waals surface area contributed by atoms with Crippen LogP contribution in [0.2, 0.25) is 8.67 Å². The molecule has 0 saturated heterocycles. The van der Waals surface area contributed by atoms with Crippen molar-refractivity contribution in [2.75, 3.05) is 19.6 Å². The van der Waals surface area contributed by atoms with Gasteiger partial charge >= 0.3 is 0 Å². The zero-order chi connectivity index (χ0) is 11.8. The second kappa shape index (κ2) is 8.31. The molecule has 1 aromatic heterocycles. The van der Waals surface area contributed by atoms with Crippen LogP contribution >= 0.6 is 34.5 Å². The van der Waals surface area contributed by atoms with Gasteiger partial charge in [-0.1, -0.05) is 30.1 Å². The average Bonchev–Trinajstić information content (AvgIpc) is 2.56. The Morgan fingerprint density at radius 1 is 1.19 bits per heavy atom. The molecule has 0 aliphatic carbocycles. The van der Waals surface area contributed by atoms with Crippen molar-refractivity contribution in [3.63, 3.8) is 0 Å². The molecule has 0 atom stereocenters. The fraction of sp³-hybridized carbons (Fsp3) is 0.636. The van der Waals surface area contributed by atoms with Gasteiger partial charge in [-0.15, -0.1) is 11.3 Å². The van der Waals surface area contributed by atoms with Gasteiger partial charge in [0.2, 0.25) is 0 Å². The molecule has 0 aliphatic heterocycles. The van der Waals surface area contributed by atoms with Crippen molar-refractivity contribution in [1.29, 1.82) is 0 Å². The molecule has 0 amide bonds. The summed E-state index contributed by atoms with van der Waals surface area (Å²) >= 11 is 13.3. The zero-order valence-corrected chi connectivity index (χ0v) is 11.8. The summed E-state index contributed by atoms with van der Waals surface area (Å²) in [6, 6.07) is 1.93. The van der Waals surface area contributed by atoms with Crippen molar-refractivity contribution in [1.82, 2.24) is 10.6 Å². The third kappa shape index (κ3) is 5.51. The van der Waals surface area contributed by atoms with E-state index in [1.165, 1.54) is 17.8 Å². The minimum atomic E-state index is 0.756. The highest BCUT2D eigenvalue weighted by atomic mass is 35.5. The highest BCUT2D eigenvalue weighted by Crippen LogP contribution is 2.30. The zero-order valence-electron chi connectivity index (χ0n) is 9.48. The maximum atomic E-state index is 6.01. The van der Waals surface area contributed by atoms with Crippen LogP contribution in [-0.2, 0) is 6.54 Å².